The molecule has 0 amide bonds. The summed E-state index contributed by atoms with van der Waals surface area (Å²) in [6.07, 6.45) is 0. The monoisotopic (exact) mass is 169 g/mol. The highest BCUT2D eigenvalue weighted by molar-refractivity contribution is 5.46. The van der Waals surface area contributed by atoms with Crippen LogP contribution in [0.1, 0.15) is 0 Å². The predicted octanol–water partition coefficient (Wildman–Crippen LogP) is 2.08. The maximum Gasteiger partial charge on any atom is 0.119 e. The zero-order valence-electron chi connectivity index (χ0n) is 7.01. The molecule has 1 rings (SSSR count). The van der Waals surface area contributed by atoms with Crippen LogP contribution < -0.4 is 10.1 Å². The van der Waals surface area contributed by atoms with Crippen molar-refractivity contribution in [3.05, 3.63) is 24.3 Å². The molecule has 0 unspecified atom stereocenters. The summed E-state index contributed by atoms with van der Waals surface area (Å²) in [5.74, 6) is 0.806. The standard InChI is InChI=1S/C9H12FNO/c1-12-9-4-2-8(3-5-9)11-7-6-10/h2-5,11H,6-7H2,1H3. The molecule has 0 radical (unpaired) electrons. The molecule has 0 aliphatic carbocycles. The van der Waals surface area contributed by atoms with Gasteiger partial charge in [-0.1, -0.05) is 0 Å². The van der Waals surface area contributed by atoms with Crippen LogP contribution in [0.25, 0.3) is 0 Å². The molecule has 3 heteroatoms. The van der Waals surface area contributed by atoms with E-state index in [1.54, 1.807) is 7.11 Å². The van der Waals surface area contributed by atoms with Crippen LogP contribution in [0.5, 0.6) is 5.75 Å². The lowest BCUT2D eigenvalue weighted by Gasteiger charge is -2.04. The van der Waals surface area contributed by atoms with E-state index in [9.17, 15) is 4.39 Å². The highest BCUT2D eigenvalue weighted by Gasteiger charge is 1.91. The normalized spacial score (nSPS) is 9.50. The molecule has 1 aromatic carbocycles. The predicted molar refractivity (Wildman–Crippen MR) is 47.5 cm³/mol. The van der Waals surface area contributed by atoms with E-state index in [0.29, 0.717) is 6.54 Å². The molecule has 12 heavy (non-hydrogen) atoms. The maximum atomic E-state index is 11.7. The number of methoxy groups -OCH3 is 1. The van der Waals surface area contributed by atoms with Crippen molar-refractivity contribution in [2.24, 2.45) is 0 Å². The van der Waals surface area contributed by atoms with Crippen molar-refractivity contribution < 1.29 is 9.13 Å². The van der Waals surface area contributed by atoms with E-state index in [-0.39, 0.29) is 6.67 Å². The van der Waals surface area contributed by atoms with Crippen molar-refractivity contribution in [2.45, 2.75) is 0 Å². The summed E-state index contributed by atoms with van der Waals surface area (Å²) >= 11 is 0. The SMILES string of the molecule is COc1ccc(NCCF)cc1. The smallest absolute Gasteiger partial charge is 0.119 e. The van der Waals surface area contributed by atoms with Crippen LogP contribution in [0.4, 0.5) is 10.1 Å². The lowest BCUT2D eigenvalue weighted by Crippen LogP contribution is -2.02. The van der Waals surface area contributed by atoms with Crippen molar-refractivity contribution in [1.29, 1.82) is 0 Å². The van der Waals surface area contributed by atoms with Gasteiger partial charge in [0.2, 0.25) is 0 Å². The summed E-state index contributed by atoms with van der Waals surface area (Å²) in [7, 11) is 1.62. The van der Waals surface area contributed by atoms with Gasteiger partial charge in [-0.15, -0.1) is 0 Å². The summed E-state index contributed by atoms with van der Waals surface area (Å²) in [6.45, 7) is -0.00163. The molecule has 66 valence electrons. The molecular weight excluding hydrogens is 157 g/mol. The number of ether oxygens (including phenoxy) is 1. The minimum Gasteiger partial charge on any atom is -0.497 e. The molecule has 0 heterocycles. The van der Waals surface area contributed by atoms with Crippen molar-refractivity contribution in [3.8, 4) is 5.75 Å². The first-order valence-corrected chi connectivity index (χ1v) is 3.80. The maximum absolute atomic E-state index is 11.7. The number of hydrogen-bond acceptors (Lipinski definition) is 2. The number of rotatable bonds is 4. The molecule has 0 spiro atoms. The van der Waals surface area contributed by atoms with Crippen LogP contribution in [-0.2, 0) is 0 Å². The van der Waals surface area contributed by atoms with Crippen molar-refractivity contribution in [3.63, 3.8) is 0 Å². The van der Waals surface area contributed by atoms with Gasteiger partial charge in [-0.05, 0) is 24.3 Å². The van der Waals surface area contributed by atoms with E-state index >= 15 is 0 Å². The van der Waals surface area contributed by atoms with Crippen LogP contribution in [-0.4, -0.2) is 20.3 Å². The van der Waals surface area contributed by atoms with Crippen molar-refractivity contribution in [2.75, 3.05) is 25.6 Å². The quantitative estimate of drug-likeness (QED) is 0.745. The molecule has 0 bridgehead atoms. The van der Waals surface area contributed by atoms with Gasteiger partial charge in [0, 0.05) is 12.2 Å². The van der Waals surface area contributed by atoms with Gasteiger partial charge in [-0.3, -0.25) is 0 Å². The van der Waals surface area contributed by atoms with Crippen LogP contribution in [0.15, 0.2) is 24.3 Å². The van der Waals surface area contributed by atoms with Gasteiger partial charge < -0.3 is 10.1 Å². The molecule has 0 atom stereocenters. The Bertz CT molecular complexity index is 222. The average Bonchev–Trinajstić information content (AvgIpc) is 2.15. The third-order valence-corrected chi connectivity index (χ3v) is 1.51. The second kappa shape index (κ2) is 4.59. The molecule has 0 aliphatic rings. The fraction of sp³-hybridized carbons (Fsp3) is 0.333. The summed E-state index contributed by atoms with van der Waals surface area (Å²) in [5.41, 5.74) is 0.911. The fourth-order valence-electron chi connectivity index (χ4n) is 0.900. The number of nitrogens with one attached hydrogen (secondary N) is 1. The highest BCUT2D eigenvalue weighted by Crippen LogP contribution is 2.14. The van der Waals surface area contributed by atoms with Gasteiger partial charge in [0.05, 0.1) is 7.11 Å². The molecule has 0 saturated heterocycles. The van der Waals surface area contributed by atoms with Gasteiger partial charge in [-0.2, -0.15) is 0 Å². The Morgan fingerprint density at radius 3 is 2.50 bits per heavy atom. The largest absolute Gasteiger partial charge is 0.497 e. The first-order valence-electron chi connectivity index (χ1n) is 3.80. The Morgan fingerprint density at radius 1 is 1.33 bits per heavy atom. The summed E-state index contributed by atoms with van der Waals surface area (Å²) in [5, 5.41) is 2.92. The molecular formula is C9H12FNO. The zero-order chi connectivity index (χ0) is 8.81. The molecule has 0 fully saturated rings. The van der Waals surface area contributed by atoms with E-state index in [0.717, 1.165) is 11.4 Å². The lowest BCUT2D eigenvalue weighted by atomic mass is 10.3. The molecule has 2 nitrogen and oxygen atoms in total. The van der Waals surface area contributed by atoms with E-state index < -0.39 is 0 Å². The number of alkyl halides is 1. The van der Waals surface area contributed by atoms with Gasteiger partial charge in [-0.25, -0.2) is 4.39 Å². The molecule has 0 aromatic heterocycles. The van der Waals surface area contributed by atoms with E-state index in [4.69, 9.17) is 4.74 Å². The summed E-state index contributed by atoms with van der Waals surface area (Å²) < 4.78 is 16.7. The Labute approximate surface area is 71.4 Å². The number of hydrogen-bond donors (Lipinski definition) is 1. The second-order valence-corrected chi connectivity index (χ2v) is 2.34. The minimum absolute atomic E-state index is 0.354. The first-order chi connectivity index (χ1) is 5.86. The van der Waals surface area contributed by atoms with Gasteiger partial charge in [0.25, 0.3) is 0 Å². The molecule has 0 aliphatic heterocycles. The molecule has 1 N–H and O–H groups in total. The number of anilines is 1. The highest BCUT2D eigenvalue weighted by atomic mass is 19.1. The Morgan fingerprint density at radius 2 is 2.00 bits per heavy atom. The summed E-state index contributed by atoms with van der Waals surface area (Å²) in [6, 6.07) is 7.38. The van der Waals surface area contributed by atoms with Crippen molar-refractivity contribution >= 4 is 5.69 Å². The van der Waals surface area contributed by atoms with Crippen LogP contribution in [0.3, 0.4) is 0 Å². The van der Waals surface area contributed by atoms with Gasteiger partial charge in [0.1, 0.15) is 12.4 Å². The Kier molecular flexibility index (Phi) is 3.38. The molecule has 1 aromatic rings. The first kappa shape index (κ1) is 8.84. The van der Waals surface area contributed by atoms with Gasteiger partial charge >= 0.3 is 0 Å². The minimum atomic E-state index is -0.355. The van der Waals surface area contributed by atoms with Crippen LogP contribution in [0.2, 0.25) is 0 Å². The number of benzene rings is 1. The van der Waals surface area contributed by atoms with Crippen LogP contribution in [0, 0.1) is 0 Å². The third kappa shape index (κ3) is 2.42. The zero-order valence-corrected chi connectivity index (χ0v) is 7.01. The Balaban J connectivity index is 2.53. The topological polar surface area (TPSA) is 21.3 Å². The third-order valence-electron chi connectivity index (χ3n) is 1.51. The fourth-order valence-corrected chi connectivity index (χ4v) is 0.900. The average molecular weight is 169 g/mol. The van der Waals surface area contributed by atoms with Gasteiger partial charge in [0.15, 0.2) is 0 Å². The van der Waals surface area contributed by atoms with Crippen LogP contribution >= 0.6 is 0 Å². The molecule has 0 saturated carbocycles. The van der Waals surface area contributed by atoms with E-state index in [1.165, 1.54) is 0 Å². The Hall–Kier alpha value is -1.25. The van der Waals surface area contributed by atoms with Crippen molar-refractivity contribution in [1.82, 2.24) is 0 Å². The summed E-state index contributed by atoms with van der Waals surface area (Å²) in [4.78, 5) is 0. The lowest BCUT2D eigenvalue weighted by molar-refractivity contribution is 0.415. The van der Waals surface area contributed by atoms with E-state index in [1.807, 2.05) is 24.3 Å². The van der Waals surface area contributed by atoms with E-state index in [2.05, 4.69) is 5.32 Å². The number of halogens is 1. The second-order valence-electron chi connectivity index (χ2n) is 2.34.